The van der Waals surface area contributed by atoms with E-state index in [0.717, 1.165) is 18.7 Å². The molecule has 0 aliphatic rings. The highest BCUT2D eigenvalue weighted by molar-refractivity contribution is 7.48. The quantitative estimate of drug-likeness (QED) is 0.414. The normalized spacial score (nSPS) is 14.3. The fraction of sp³-hybridized carbons (Fsp3) is 0.520. The van der Waals surface area contributed by atoms with Crippen LogP contribution >= 0.6 is 8.58 Å². The third-order valence-corrected chi connectivity index (χ3v) is 7.21. The van der Waals surface area contributed by atoms with E-state index in [9.17, 15) is 0 Å². The van der Waals surface area contributed by atoms with Gasteiger partial charge in [0, 0.05) is 29.9 Å². The molecule has 0 amide bonds. The first-order chi connectivity index (χ1) is 13.6. The second-order valence-electron chi connectivity index (χ2n) is 9.08. The number of hydrogen-bond acceptors (Lipinski definition) is 3. The Balaban J connectivity index is 2.43. The van der Waals surface area contributed by atoms with Crippen LogP contribution in [0, 0.1) is 13.8 Å². The van der Waals surface area contributed by atoms with Gasteiger partial charge in [-0.1, -0.05) is 64.4 Å². The summed E-state index contributed by atoms with van der Waals surface area (Å²) in [5, 5.41) is 5.06. The Morgan fingerprint density at radius 1 is 1.03 bits per heavy atom. The number of aryl methyl sites for hydroxylation is 2. The van der Waals surface area contributed by atoms with Gasteiger partial charge in [0.05, 0.1) is 0 Å². The Bertz CT molecular complexity index is 813. The Labute approximate surface area is 179 Å². The molecule has 0 radical (unpaired) electrons. The van der Waals surface area contributed by atoms with Gasteiger partial charge in [-0.05, 0) is 57.5 Å². The first kappa shape index (κ1) is 23.9. The Morgan fingerprint density at radius 2 is 1.72 bits per heavy atom. The zero-order valence-corrected chi connectivity index (χ0v) is 20.4. The number of nitrogens with one attached hydrogen (secondary N) is 1. The minimum absolute atomic E-state index is 0.00229. The third-order valence-electron chi connectivity index (χ3n) is 5.28. The highest BCUT2D eigenvalue weighted by Gasteiger charge is 2.30. The van der Waals surface area contributed by atoms with Crippen molar-refractivity contribution in [3.05, 3.63) is 58.7 Å². The fourth-order valence-corrected chi connectivity index (χ4v) is 5.08. The van der Waals surface area contributed by atoms with Gasteiger partial charge < -0.3 is 14.8 Å². The van der Waals surface area contributed by atoms with E-state index in [-0.39, 0.29) is 17.5 Å². The van der Waals surface area contributed by atoms with E-state index in [0.29, 0.717) is 8.58 Å². The van der Waals surface area contributed by atoms with Crippen molar-refractivity contribution in [2.45, 2.75) is 72.1 Å². The van der Waals surface area contributed by atoms with Crippen molar-refractivity contribution in [3.8, 4) is 5.75 Å². The van der Waals surface area contributed by atoms with Crippen LogP contribution in [0.4, 0.5) is 0 Å². The summed E-state index contributed by atoms with van der Waals surface area (Å²) in [5.41, 5.74) is 5.20. The largest absolute Gasteiger partial charge is 0.467 e. The molecule has 3 nitrogen and oxygen atoms in total. The molecule has 0 saturated heterocycles. The molecular formula is C25H38NO2P. The average Bonchev–Trinajstić information content (AvgIpc) is 2.65. The molecule has 160 valence electrons. The van der Waals surface area contributed by atoms with Gasteiger partial charge in [0.25, 0.3) is 0 Å². The first-order valence-corrected chi connectivity index (χ1v) is 11.4. The van der Waals surface area contributed by atoms with Gasteiger partial charge in [0.15, 0.2) is 6.79 Å². The molecule has 0 aliphatic carbocycles. The summed E-state index contributed by atoms with van der Waals surface area (Å²) in [5.74, 6) is 0.972. The molecular weight excluding hydrogens is 377 g/mol. The van der Waals surface area contributed by atoms with Crippen LogP contribution in [0.1, 0.15) is 63.3 Å². The van der Waals surface area contributed by atoms with Crippen LogP contribution in [0.25, 0.3) is 0 Å². The Morgan fingerprint density at radius 3 is 2.34 bits per heavy atom. The summed E-state index contributed by atoms with van der Waals surface area (Å²) in [4.78, 5) is 0. The molecule has 2 aromatic rings. The standard InChI is InChI=1S/C25H38NO2P/c1-9-25(7,21-15-18(2)14-19(3)23(21)28-17-27-8)29-22-13-11-10-12-20(22)16-26-24(4,5)6/h10-15,26,29H,9,16-17H2,1-8H3. The summed E-state index contributed by atoms with van der Waals surface area (Å²) in [6, 6.07) is 13.3. The third kappa shape index (κ3) is 6.54. The number of methoxy groups -OCH3 is 1. The van der Waals surface area contributed by atoms with Crippen LogP contribution in [-0.2, 0) is 16.4 Å². The lowest BCUT2D eigenvalue weighted by molar-refractivity contribution is 0.0495. The molecule has 2 aromatic carbocycles. The van der Waals surface area contributed by atoms with Crippen molar-refractivity contribution in [1.82, 2.24) is 5.32 Å². The highest BCUT2D eigenvalue weighted by atomic mass is 31.1. The summed E-state index contributed by atoms with van der Waals surface area (Å²) in [6.07, 6.45) is 1.04. The minimum atomic E-state index is -0.00229. The molecule has 0 aliphatic heterocycles. The van der Waals surface area contributed by atoms with Crippen molar-refractivity contribution in [1.29, 1.82) is 0 Å². The molecule has 2 unspecified atom stereocenters. The predicted octanol–water partition coefficient (Wildman–Crippen LogP) is 5.80. The van der Waals surface area contributed by atoms with Crippen LogP contribution in [0.5, 0.6) is 5.75 Å². The molecule has 0 spiro atoms. The second kappa shape index (κ2) is 10.1. The van der Waals surface area contributed by atoms with Crippen LogP contribution in [0.2, 0.25) is 0 Å². The van der Waals surface area contributed by atoms with Crippen molar-refractivity contribution < 1.29 is 9.47 Å². The number of ether oxygens (including phenoxy) is 2. The van der Waals surface area contributed by atoms with E-state index in [1.54, 1.807) is 7.11 Å². The number of benzene rings is 2. The van der Waals surface area contributed by atoms with E-state index in [2.05, 4.69) is 90.2 Å². The Hall–Kier alpha value is -1.41. The second-order valence-corrected chi connectivity index (χ2v) is 11.0. The van der Waals surface area contributed by atoms with E-state index < -0.39 is 0 Å². The Kier molecular flexibility index (Phi) is 8.28. The van der Waals surface area contributed by atoms with E-state index >= 15 is 0 Å². The summed E-state index contributed by atoms with van der Waals surface area (Å²) < 4.78 is 11.3. The lowest BCUT2D eigenvalue weighted by Gasteiger charge is -2.33. The van der Waals surface area contributed by atoms with Crippen molar-refractivity contribution >= 4 is 13.9 Å². The molecule has 0 aromatic heterocycles. The predicted molar refractivity (Wildman–Crippen MR) is 127 cm³/mol. The van der Waals surface area contributed by atoms with Gasteiger partial charge in [-0.2, -0.15) is 0 Å². The molecule has 1 N–H and O–H groups in total. The van der Waals surface area contributed by atoms with Gasteiger partial charge in [0.1, 0.15) is 5.75 Å². The van der Waals surface area contributed by atoms with Gasteiger partial charge >= 0.3 is 0 Å². The van der Waals surface area contributed by atoms with Gasteiger partial charge in [0.2, 0.25) is 0 Å². The highest BCUT2D eigenvalue weighted by Crippen LogP contribution is 2.48. The topological polar surface area (TPSA) is 30.5 Å². The molecule has 0 fully saturated rings. The minimum Gasteiger partial charge on any atom is -0.467 e. The molecule has 0 bridgehead atoms. The number of rotatable bonds is 9. The average molecular weight is 416 g/mol. The molecule has 0 saturated carbocycles. The van der Waals surface area contributed by atoms with Crippen molar-refractivity contribution in [2.75, 3.05) is 13.9 Å². The maximum Gasteiger partial charge on any atom is 0.188 e. The molecule has 29 heavy (non-hydrogen) atoms. The van der Waals surface area contributed by atoms with Crippen LogP contribution in [0.15, 0.2) is 36.4 Å². The summed E-state index contributed by atoms with van der Waals surface area (Å²) >= 11 is 0. The van der Waals surface area contributed by atoms with E-state index in [1.807, 2.05) is 0 Å². The fourth-order valence-electron chi connectivity index (χ4n) is 3.47. The summed E-state index contributed by atoms with van der Waals surface area (Å²) in [7, 11) is 2.32. The van der Waals surface area contributed by atoms with E-state index in [1.165, 1.54) is 27.6 Å². The molecule has 4 heteroatoms. The van der Waals surface area contributed by atoms with Crippen molar-refractivity contribution in [3.63, 3.8) is 0 Å². The molecule has 2 rings (SSSR count). The van der Waals surface area contributed by atoms with Crippen LogP contribution < -0.4 is 15.4 Å². The van der Waals surface area contributed by atoms with Gasteiger partial charge in [-0.15, -0.1) is 0 Å². The lowest BCUT2D eigenvalue weighted by atomic mass is 9.92. The zero-order valence-electron chi connectivity index (χ0n) is 19.4. The summed E-state index contributed by atoms with van der Waals surface area (Å²) in [6.45, 7) is 16.7. The number of hydrogen-bond donors (Lipinski definition) is 1. The maximum atomic E-state index is 6.05. The SMILES string of the molecule is CCC(C)(Pc1ccccc1CNC(C)(C)C)c1cc(C)cc(C)c1OCOC. The zero-order chi connectivity index (χ0) is 21.7. The van der Waals surface area contributed by atoms with Crippen LogP contribution in [-0.4, -0.2) is 19.4 Å². The monoisotopic (exact) mass is 415 g/mol. The van der Waals surface area contributed by atoms with Gasteiger partial charge in [-0.3, -0.25) is 0 Å². The molecule has 0 heterocycles. The molecule has 2 atom stereocenters. The van der Waals surface area contributed by atoms with E-state index in [4.69, 9.17) is 9.47 Å². The lowest BCUT2D eigenvalue weighted by Crippen LogP contribution is -2.36. The maximum absolute atomic E-state index is 6.05. The smallest absolute Gasteiger partial charge is 0.188 e. The van der Waals surface area contributed by atoms with Crippen LogP contribution in [0.3, 0.4) is 0 Å². The van der Waals surface area contributed by atoms with Gasteiger partial charge in [-0.25, -0.2) is 0 Å². The first-order valence-electron chi connectivity index (χ1n) is 10.4. The van der Waals surface area contributed by atoms with Crippen molar-refractivity contribution in [2.24, 2.45) is 0 Å².